The lowest BCUT2D eigenvalue weighted by molar-refractivity contribution is 0.471. The van der Waals surface area contributed by atoms with Gasteiger partial charge in [0.2, 0.25) is 0 Å². The number of guanidine groups is 1. The molecular weight excluding hydrogens is 473 g/mol. The summed E-state index contributed by atoms with van der Waals surface area (Å²) >= 11 is 5.18. The summed E-state index contributed by atoms with van der Waals surface area (Å²) in [6, 6.07) is 0. The van der Waals surface area contributed by atoms with Crippen molar-refractivity contribution in [2.45, 2.75) is 31.2 Å². The number of thiazole rings is 2. The van der Waals surface area contributed by atoms with Gasteiger partial charge in [0, 0.05) is 42.8 Å². The monoisotopic (exact) mass is 497 g/mol. The minimum absolute atomic E-state index is 0. The molecule has 1 N–H and O–H groups in total. The normalized spacial score (nSPS) is 11.2. The van der Waals surface area contributed by atoms with Gasteiger partial charge in [0.05, 0.1) is 17.2 Å². The zero-order chi connectivity index (χ0) is 16.5. The van der Waals surface area contributed by atoms with E-state index in [2.05, 4.69) is 39.5 Å². The number of nitrogens with zero attached hydrogens (tertiary/aromatic N) is 4. The summed E-state index contributed by atoms with van der Waals surface area (Å²) in [6.45, 7) is 6.60. The molecule has 0 saturated carbocycles. The number of hydrogen-bond acceptors (Lipinski definition) is 6. The molecule has 0 aromatic carbocycles. The average Bonchev–Trinajstić information content (AvgIpc) is 3.17. The first-order chi connectivity index (χ1) is 11.2. The molecule has 134 valence electrons. The predicted octanol–water partition coefficient (Wildman–Crippen LogP) is 4.11. The van der Waals surface area contributed by atoms with E-state index in [4.69, 9.17) is 4.99 Å². The van der Waals surface area contributed by atoms with Gasteiger partial charge in [-0.25, -0.2) is 9.97 Å². The van der Waals surface area contributed by atoms with Crippen molar-refractivity contribution in [1.82, 2.24) is 20.2 Å². The molecule has 0 spiro atoms. The van der Waals surface area contributed by atoms with Gasteiger partial charge in [-0.3, -0.25) is 4.99 Å². The number of aliphatic imine (C=N–C) groups is 1. The van der Waals surface area contributed by atoms with E-state index in [0.29, 0.717) is 0 Å². The molecule has 24 heavy (non-hydrogen) atoms. The fraction of sp³-hybridized carbons (Fsp3) is 0.533. The van der Waals surface area contributed by atoms with Gasteiger partial charge in [0.1, 0.15) is 4.34 Å². The van der Waals surface area contributed by atoms with Crippen molar-refractivity contribution >= 4 is 64.4 Å². The van der Waals surface area contributed by atoms with Gasteiger partial charge in [-0.2, -0.15) is 0 Å². The Morgan fingerprint density at radius 2 is 2.25 bits per heavy atom. The van der Waals surface area contributed by atoms with Crippen LogP contribution in [0.15, 0.2) is 26.3 Å². The zero-order valence-corrected chi connectivity index (χ0v) is 19.0. The summed E-state index contributed by atoms with van der Waals surface area (Å²) < 4.78 is 1.14. The Labute approximate surface area is 173 Å². The predicted molar refractivity (Wildman–Crippen MR) is 117 cm³/mol. The lowest BCUT2D eigenvalue weighted by Crippen LogP contribution is -2.38. The maximum Gasteiger partial charge on any atom is 0.194 e. The van der Waals surface area contributed by atoms with Crippen LogP contribution in [0.1, 0.15) is 24.0 Å². The van der Waals surface area contributed by atoms with Crippen molar-refractivity contribution in [2.24, 2.45) is 4.99 Å². The maximum atomic E-state index is 4.71. The lowest BCUT2D eigenvalue weighted by Gasteiger charge is -2.21. The van der Waals surface area contributed by atoms with Crippen molar-refractivity contribution in [2.75, 3.05) is 25.9 Å². The Morgan fingerprint density at radius 1 is 1.42 bits per heavy atom. The van der Waals surface area contributed by atoms with Crippen molar-refractivity contribution in [1.29, 1.82) is 0 Å². The van der Waals surface area contributed by atoms with Crippen LogP contribution in [0.3, 0.4) is 0 Å². The molecule has 0 radical (unpaired) electrons. The lowest BCUT2D eigenvalue weighted by atomic mass is 10.4. The molecule has 0 bridgehead atoms. The van der Waals surface area contributed by atoms with E-state index in [1.807, 2.05) is 18.5 Å². The van der Waals surface area contributed by atoms with E-state index >= 15 is 0 Å². The van der Waals surface area contributed by atoms with Crippen molar-refractivity contribution in [3.63, 3.8) is 0 Å². The largest absolute Gasteiger partial charge is 0.357 e. The highest BCUT2D eigenvalue weighted by molar-refractivity contribution is 14.0. The molecule has 0 aliphatic carbocycles. The topological polar surface area (TPSA) is 53.4 Å². The Morgan fingerprint density at radius 3 is 2.88 bits per heavy atom. The summed E-state index contributed by atoms with van der Waals surface area (Å²) in [5, 5.41) is 8.58. The number of halogens is 1. The first-order valence-corrected chi connectivity index (χ1v) is 10.4. The second-order valence-electron chi connectivity index (χ2n) is 4.95. The Balaban J connectivity index is 0.00000288. The van der Waals surface area contributed by atoms with E-state index in [9.17, 15) is 0 Å². The molecule has 0 aliphatic rings. The first-order valence-electron chi connectivity index (χ1n) is 7.61. The molecule has 0 saturated heterocycles. The van der Waals surface area contributed by atoms with Crippen LogP contribution < -0.4 is 5.32 Å². The number of hydrogen-bond donors (Lipinski definition) is 1. The quantitative estimate of drug-likeness (QED) is 0.196. The van der Waals surface area contributed by atoms with Crippen LogP contribution in [0.2, 0.25) is 0 Å². The second kappa shape index (κ2) is 12.0. The highest BCUT2D eigenvalue weighted by atomic mass is 127. The van der Waals surface area contributed by atoms with E-state index < -0.39 is 0 Å². The third-order valence-corrected chi connectivity index (χ3v) is 5.84. The fourth-order valence-corrected chi connectivity index (χ4v) is 4.19. The molecule has 0 unspecified atom stereocenters. The summed E-state index contributed by atoms with van der Waals surface area (Å²) in [5.41, 5.74) is 1.10. The molecule has 2 aromatic rings. The Hall–Kier alpha value is -0.390. The second-order valence-corrected chi connectivity index (χ2v) is 8.25. The molecule has 0 amide bonds. The minimum atomic E-state index is 0. The zero-order valence-electron chi connectivity index (χ0n) is 14.2. The van der Waals surface area contributed by atoms with Gasteiger partial charge in [0.25, 0.3) is 0 Å². The Kier molecular flexibility index (Phi) is 10.9. The molecule has 2 rings (SSSR count). The summed E-state index contributed by atoms with van der Waals surface area (Å²) in [6.07, 6.45) is 2.90. The van der Waals surface area contributed by atoms with Gasteiger partial charge in [-0.15, -0.1) is 46.7 Å². The molecule has 2 heterocycles. The van der Waals surface area contributed by atoms with Crippen LogP contribution in [0, 0.1) is 6.92 Å². The summed E-state index contributed by atoms with van der Waals surface area (Å²) in [4.78, 5) is 15.6. The molecule has 0 fully saturated rings. The molecular formula is C15H24IN5S3. The van der Waals surface area contributed by atoms with Gasteiger partial charge >= 0.3 is 0 Å². The van der Waals surface area contributed by atoms with Gasteiger partial charge < -0.3 is 10.2 Å². The van der Waals surface area contributed by atoms with E-state index in [1.165, 1.54) is 0 Å². The van der Waals surface area contributed by atoms with Gasteiger partial charge in [0.15, 0.2) is 5.96 Å². The number of nitrogens with one attached hydrogen (secondary N) is 1. The third kappa shape index (κ3) is 7.66. The smallest absolute Gasteiger partial charge is 0.194 e. The highest BCUT2D eigenvalue weighted by Crippen LogP contribution is 2.20. The number of aromatic nitrogens is 2. The van der Waals surface area contributed by atoms with Crippen molar-refractivity contribution in [3.05, 3.63) is 27.7 Å². The van der Waals surface area contributed by atoms with Crippen LogP contribution in [-0.2, 0) is 6.54 Å². The van der Waals surface area contributed by atoms with E-state index in [-0.39, 0.29) is 24.0 Å². The summed E-state index contributed by atoms with van der Waals surface area (Å²) in [7, 11) is 2.06. The third-order valence-electron chi connectivity index (χ3n) is 2.96. The molecule has 0 aliphatic heterocycles. The first kappa shape index (κ1) is 21.7. The van der Waals surface area contributed by atoms with Crippen LogP contribution in [0.25, 0.3) is 0 Å². The molecule has 9 heteroatoms. The number of rotatable bonds is 8. The summed E-state index contributed by atoms with van der Waals surface area (Å²) in [5.74, 6) is 1.99. The standard InChI is InChI=1S/C15H23N5S3.HI/c1-4-16-14(20(3)10-13-11-23-12(2)19-13)17-6-5-8-21-15-18-7-9-22-15;/h7,9,11H,4-6,8,10H2,1-3H3,(H,16,17);1H. The number of thioether (sulfide) groups is 1. The SMILES string of the molecule is CCNC(=NCCCSc1nccs1)N(C)Cc1csc(C)n1.I. The number of aryl methyl sites for hydroxylation is 1. The molecule has 2 aromatic heterocycles. The molecule has 5 nitrogen and oxygen atoms in total. The van der Waals surface area contributed by atoms with Crippen LogP contribution in [0.4, 0.5) is 0 Å². The van der Waals surface area contributed by atoms with Crippen molar-refractivity contribution < 1.29 is 0 Å². The van der Waals surface area contributed by atoms with E-state index in [0.717, 1.165) is 52.8 Å². The minimum Gasteiger partial charge on any atom is -0.357 e. The van der Waals surface area contributed by atoms with E-state index in [1.54, 1.807) is 34.4 Å². The molecule has 0 atom stereocenters. The van der Waals surface area contributed by atoms with Crippen molar-refractivity contribution in [3.8, 4) is 0 Å². The fourth-order valence-electron chi connectivity index (χ4n) is 1.96. The Bertz CT molecular complexity index is 600. The maximum absolute atomic E-state index is 4.71. The highest BCUT2D eigenvalue weighted by Gasteiger charge is 2.08. The van der Waals surface area contributed by atoms with Crippen LogP contribution in [0.5, 0.6) is 0 Å². The average molecular weight is 497 g/mol. The van der Waals surface area contributed by atoms with Crippen LogP contribution >= 0.6 is 58.4 Å². The van der Waals surface area contributed by atoms with Crippen LogP contribution in [-0.4, -0.2) is 46.7 Å². The van der Waals surface area contributed by atoms with Gasteiger partial charge in [-0.05, 0) is 20.3 Å². The van der Waals surface area contributed by atoms with Gasteiger partial charge in [-0.1, -0.05) is 11.8 Å².